The maximum Gasteiger partial charge on any atom is 0.255 e. The average Bonchev–Trinajstić information content (AvgIpc) is 2.72. The first-order chi connectivity index (χ1) is 14.4. The van der Waals surface area contributed by atoms with Gasteiger partial charge in [-0.05, 0) is 55.7 Å². The smallest absolute Gasteiger partial charge is 0.255 e. The van der Waals surface area contributed by atoms with Crippen molar-refractivity contribution in [3.63, 3.8) is 0 Å². The van der Waals surface area contributed by atoms with Crippen LogP contribution in [0.4, 0.5) is 5.69 Å². The van der Waals surface area contributed by atoms with E-state index in [2.05, 4.69) is 25.6 Å². The Kier molecular flexibility index (Phi) is 5.65. The second-order valence-corrected chi connectivity index (χ2v) is 7.79. The first-order valence-electron chi connectivity index (χ1n) is 9.29. The van der Waals surface area contributed by atoms with Crippen LogP contribution >= 0.6 is 23.2 Å². The summed E-state index contributed by atoms with van der Waals surface area (Å²) in [6.07, 6.45) is 7.05. The molecule has 30 heavy (non-hydrogen) atoms. The zero-order valence-corrected chi connectivity index (χ0v) is 17.2. The SMILES string of the molecule is O=C(Nc1ccc(C2(NC(=O)c3ccc(Cl)nc3)CCC2)nc1)c1ccnc(Cl)c1. The van der Waals surface area contributed by atoms with Crippen molar-refractivity contribution < 1.29 is 9.59 Å². The number of aromatic nitrogens is 3. The minimum Gasteiger partial charge on any atom is -0.341 e. The molecule has 9 heteroatoms. The van der Waals surface area contributed by atoms with E-state index in [1.165, 1.54) is 18.5 Å². The molecule has 0 saturated heterocycles. The Morgan fingerprint density at radius 2 is 1.70 bits per heavy atom. The molecule has 0 radical (unpaired) electrons. The van der Waals surface area contributed by atoms with Crippen molar-refractivity contribution >= 4 is 40.7 Å². The predicted molar refractivity (Wildman–Crippen MR) is 114 cm³/mol. The Balaban J connectivity index is 1.47. The molecule has 3 aromatic heterocycles. The molecule has 0 aromatic carbocycles. The fourth-order valence-electron chi connectivity index (χ4n) is 3.27. The van der Waals surface area contributed by atoms with Crippen LogP contribution in [0.3, 0.4) is 0 Å². The van der Waals surface area contributed by atoms with Gasteiger partial charge in [0.15, 0.2) is 0 Å². The lowest BCUT2D eigenvalue weighted by Crippen LogP contribution is -2.51. The van der Waals surface area contributed by atoms with Crippen LogP contribution in [0, 0.1) is 0 Å². The van der Waals surface area contributed by atoms with Crippen molar-refractivity contribution in [3.05, 3.63) is 82.1 Å². The number of hydrogen-bond acceptors (Lipinski definition) is 5. The summed E-state index contributed by atoms with van der Waals surface area (Å²) in [4.78, 5) is 37.3. The van der Waals surface area contributed by atoms with E-state index in [0.717, 1.165) is 25.0 Å². The summed E-state index contributed by atoms with van der Waals surface area (Å²) in [7, 11) is 0. The number of carbonyl (C=O) groups is 2. The quantitative estimate of drug-likeness (QED) is 0.577. The zero-order valence-electron chi connectivity index (χ0n) is 15.7. The predicted octanol–water partition coefficient (Wildman–Crippen LogP) is 4.24. The van der Waals surface area contributed by atoms with Crippen molar-refractivity contribution in [3.8, 4) is 0 Å². The maximum atomic E-state index is 12.6. The Bertz CT molecular complexity index is 1080. The summed E-state index contributed by atoms with van der Waals surface area (Å²) in [5, 5.41) is 6.43. The molecule has 2 N–H and O–H groups in total. The molecule has 3 heterocycles. The lowest BCUT2D eigenvalue weighted by molar-refractivity contribution is 0.0816. The van der Waals surface area contributed by atoms with Crippen molar-refractivity contribution in [2.45, 2.75) is 24.8 Å². The molecule has 0 bridgehead atoms. The van der Waals surface area contributed by atoms with Gasteiger partial charge in [-0.1, -0.05) is 23.2 Å². The van der Waals surface area contributed by atoms with Gasteiger partial charge in [-0.15, -0.1) is 0 Å². The highest BCUT2D eigenvalue weighted by Gasteiger charge is 2.41. The molecule has 4 rings (SSSR count). The zero-order chi connectivity index (χ0) is 21.1. The number of amides is 2. The molecule has 0 spiro atoms. The summed E-state index contributed by atoms with van der Waals surface area (Å²) in [5.41, 5.74) is 1.59. The topological polar surface area (TPSA) is 96.9 Å². The largest absolute Gasteiger partial charge is 0.341 e. The van der Waals surface area contributed by atoms with Crippen LogP contribution in [-0.2, 0) is 5.54 Å². The van der Waals surface area contributed by atoms with E-state index in [1.54, 1.807) is 30.5 Å². The molecule has 1 aliphatic rings. The van der Waals surface area contributed by atoms with Gasteiger partial charge in [0.25, 0.3) is 11.8 Å². The Labute approximate surface area is 182 Å². The molecule has 0 atom stereocenters. The van der Waals surface area contributed by atoms with E-state index in [-0.39, 0.29) is 17.0 Å². The lowest BCUT2D eigenvalue weighted by Gasteiger charge is -2.42. The summed E-state index contributed by atoms with van der Waals surface area (Å²) < 4.78 is 0. The molecule has 7 nitrogen and oxygen atoms in total. The second kappa shape index (κ2) is 8.38. The third-order valence-corrected chi connectivity index (χ3v) is 5.48. The first-order valence-corrected chi connectivity index (χ1v) is 10.0. The molecule has 1 fully saturated rings. The van der Waals surface area contributed by atoms with E-state index < -0.39 is 5.54 Å². The summed E-state index contributed by atoms with van der Waals surface area (Å²) in [5.74, 6) is -0.539. The number of anilines is 1. The maximum absolute atomic E-state index is 12.6. The van der Waals surface area contributed by atoms with Crippen LogP contribution in [0.25, 0.3) is 0 Å². The highest BCUT2D eigenvalue weighted by molar-refractivity contribution is 6.30. The number of rotatable bonds is 5. The van der Waals surface area contributed by atoms with E-state index in [4.69, 9.17) is 23.2 Å². The summed E-state index contributed by atoms with van der Waals surface area (Å²) in [6.45, 7) is 0. The number of carbonyl (C=O) groups excluding carboxylic acids is 2. The van der Waals surface area contributed by atoms with Gasteiger partial charge in [0.05, 0.1) is 28.7 Å². The fourth-order valence-corrected chi connectivity index (χ4v) is 3.56. The van der Waals surface area contributed by atoms with Gasteiger partial charge in [0.2, 0.25) is 0 Å². The molecule has 1 saturated carbocycles. The Morgan fingerprint density at radius 3 is 2.30 bits per heavy atom. The van der Waals surface area contributed by atoms with Crippen LogP contribution in [0.5, 0.6) is 0 Å². The molecular weight excluding hydrogens is 425 g/mol. The minimum atomic E-state index is -0.530. The lowest BCUT2D eigenvalue weighted by atomic mass is 9.74. The number of nitrogens with one attached hydrogen (secondary N) is 2. The van der Waals surface area contributed by atoms with E-state index in [0.29, 0.717) is 22.0 Å². The third kappa shape index (κ3) is 4.27. The van der Waals surface area contributed by atoms with E-state index in [9.17, 15) is 9.59 Å². The molecule has 1 aliphatic carbocycles. The van der Waals surface area contributed by atoms with Crippen LogP contribution in [0.15, 0.2) is 55.0 Å². The first kappa shape index (κ1) is 20.3. The summed E-state index contributed by atoms with van der Waals surface area (Å²) >= 11 is 11.6. The number of halogens is 2. The second-order valence-electron chi connectivity index (χ2n) is 7.01. The normalized spacial score (nSPS) is 14.5. The highest BCUT2D eigenvalue weighted by atomic mass is 35.5. The van der Waals surface area contributed by atoms with Gasteiger partial charge < -0.3 is 10.6 Å². The van der Waals surface area contributed by atoms with Crippen LogP contribution < -0.4 is 10.6 Å². The van der Waals surface area contributed by atoms with Crippen LogP contribution in [-0.4, -0.2) is 26.8 Å². The summed E-state index contributed by atoms with van der Waals surface area (Å²) in [6, 6.07) is 9.86. The Morgan fingerprint density at radius 1 is 0.867 bits per heavy atom. The van der Waals surface area contributed by atoms with Gasteiger partial charge in [0, 0.05) is 18.0 Å². The standard InChI is InChI=1S/C21H17Cl2N5O2/c22-17-5-2-14(11-26-17)20(30)28-21(7-1-8-21)16-4-3-15(12-25-16)27-19(29)13-6-9-24-18(23)10-13/h2-6,9-12H,1,7-8H2,(H,27,29)(H,28,30). The van der Waals surface area contributed by atoms with Crippen LogP contribution in [0.1, 0.15) is 45.7 Å². The minimum absolute atomic E-state index is 0.229. The molecule has 0 unspecified atom stereocenters. The molecule has 0 aliphatic heterocycles. The van der Waals surface area contributed by atoms with Crippen molar-refractivity contribution in [1.29, 1.82) is 0 Å². The molecule has 2 amide bonds. The number of nitrogens with zero attached hydrogens (tertiary/aromatic N) is 3. The van der Waals surface area contributed by atoms with Gasteiger partial charge in [-0.2, -0.15) is 0 Å². The van der Waals surface area contributed by atoms with Gasteiger partial charge in [-0.25, -0.2) is 9.97 Å². The van der Waals surface area contributed by atoms with Crippen molar-refractivity contribution in [2.75, 3.05) is 5.32 Å². The number of hydrogen-bond donors (Lipinski definition) is 2. The molecule has 3 aromatic rings. The fraction of sp³-hybridized carbons (Fsp3) is 0.190. The van der Waals surface area contributed by atoms with Gasteiger partial charge in [-0.3, -0.25) is 14.6 Å². The van der Waals surface area contributed by atoms with Crippen molar-refractivity contribution in [2.24, 2.45) is 0 Å². The highest BCUT2D eigenvalue weighted by Crippen LogP contribution is 2.40. The number of pyridine rings is 3. The molecular formula is C21H17Cl2N5O2. The Hall–Kier alpha value is -3.03. The average molecular weight is 442 g/mol. The van der Waals surface area contributed by atoms with E-state index in [1.807, 2.05) is 6.07 Å². The van der Waals surface area contributed by atoms with Gasteiger partial charge >= 0.3 is 0 Å². The van der Waals surface area contributed by atoms with Gasteiger partial charge in [0.1, 0.15) is 10.3 Å². The molecule has 152 valence electrons. The van der Waals surface area contributed by atoms with E-state index >= 15 is 0 Å². The van der Waals surface area contributed by atoms with Crippen molar-refractivity contribution in [1.82, 2.24) is 20.3 Å². The third-order valence-electron chi connectivity index (χ3n) is 5.05. The van der Waals surface area contributed by atoms with Crippen LogP contribution in [0.2, 0.25) is 10.3 Å². The monoisotopic (exact) mass is 441 g/mol.